The number of thioether (sulfide) groups is 1. The molecule has 6 nitrogen and oxygen atoms in total. The second-order valence-electron chi connectivity index (χ2n) is 6.23. The van der Waals surface area contributed by atoms with Crippen LogP contribution in [0.5, 0.6) is 11.5 Å². The molecule has 1 atom stereocenters. The number of aliphatic carboxylic acids is 1. The predicted molar refractivity (Wildman–Crippen MR) is 117 cm³/mol. The number of carbonyl (C=O) groups excluding carboxylic acids is 1. The van der Waals surface area contributed by atoms with E-state index in [4.69, 9.17) is 26.8 Å². The van der Waals surface area contributed by atoms with E-state index in [1.165, 1.54) is 36.1 Å². The van der Waals surface area contributed by atoms with E-state index in [1.807, 2.05) is 0 Å². The first kappa shape index (κ1) is 21.8. The Hall–Kier alpha value is -2.91. The van der Waals surface area contributed by atoms with Gasteiger partial charge in [-0.1, -0.05) is 30.0 Å². The highest BCUT2D eigenvalue weighted by Gasteiger charge is 2.33. The SMILES string of the molecule is CCOc1cc(/C=C2/SC(=S)N(c3ccc(F)cc3)C2=O)ccc1OC(C)C(=O)O. The van der Waals surface area contributed by atoms with Gasteiger partial charge in [-0.3, -0.25) is 9.69 Å². The Bertz CT molecular complexity index is 1020. The second-order valence-corrected chi connectivity index (χ2v) is 7.91. The number of carboxylic acid groups (broad SMARTS) is 1. The standard InChI is InChI=1S/C21H18FNO5S2/c1-3-27-17-10-13(4-9-16(17)28-12(2)20(25)26)11-18-19(24)23(21(29)30-18)15-7-5-14(22)6-8-15/h4-12H,3H2,1-2H3,(H,25,26)/b18-11+. The van der Waals surface area contributed by atoms with Crippen LogP contribution in [0.2, 0.25) is 0 Å². The third-order valence-electron chi connectivity index (χ3n) is 4.10. The van der Waals surface area contributed by atoms with Gasteiger partial charge < -0.3 is 14.6 Å². The summed E-state index contributed by atoms with van der Waals surface area (Å²) in [5.41, 5.74) is 1.15. The molecular weight excluding hydrogens is 429 g/mol. The van der Waals surface area contributed by atoms with E-state index in [0.717, 1.165) is 11.8 Å². The van der Waals surface area contributed by atoms with Crippen molar-refractivity contribution in [1.82, 2.24) is 0 Å². The third kappa shape index (κ3) is 4.80. The van der Waals surface area contributed by atoms with Crippen LogP contribution in [0.1, 0.15) is 19.4 Å². The van der Waals surface area contributed by atoms with Gasteiger partial charge in [0.25, 0.3) is 5.91 Å². The maximum atomic E-state index is 13.2. The molecule has 0 radical (unpaired) electrons. The largest absolute Gasteiger partial charge is 0.490 e. The van der Waals surface area contributed by atoms with Gasteiger partial charge in [0.1, 0.15) is 5.82 Å². The number of carboxylic acids is 1. The Morgan fingerprint density at radius 1 is 1.27 bits per heavy atom. The van der Waals surface area contributed by atoms with Crippen molar-refractivity contribution in [2.24, 2.45) is 0 Å². The summed E-state index contributed by atoms with van der Waals surface area (Å²) >= 11 is 6.46. The molecule has 1 saturated heterocycles. The summed E-state index contributed by atoms with van der Waals surface area (Å²) in [4.78, 5) is 25.6. The molecule has 1 N–H and O–H groups in total. The molecule has 1 amide bonds. The number of nitrogens with zero attached hydrogens (tertiary/aromatic N) is 1. The van der Waals surface area contributed by atoms with Crippen LogP contribution in [0.3, 0.4) is 0 Å². The summed E-state index contributed by atoms with van der Waals surface area (Å²) in [6.07, 6.45) is 0.623. The average Bonchev–Trinajstić information content (AvgIpc) is 2.98. The monoisotopic (exact) mass is 447 g/mol. The van der Waals surface area contributed by atoms with Crippen molar-refractivity contribution in [2.45, 2.75) is 20.0 Å². The van der Waals surface area contributed by atoms with Crippen molar-refractivity contribution in [3.63, 3.8) is 0 Å². The van der Waals surface area contributed by atoms with Gasteiger partial charge in [-0.15, -0.1) is 0 Å². The first-order valence-corrected chi connectivity index (χ1v) is 10.2. The van der Waals surface area contributed by atoms with Crippen LogP contribution in [0.4, 0.5) is 10.1 Å². The highest BCUT2D eigenvalue weighted by molar-refractivity contribution is 8.27. The van der Waals surface area contributed by atoms with Crippen LogP contribution in [-0.4, -0.2) is 34.0 Å². The Morgan fingerprint density at radius 3 is 2.60 bits per heavy atom. The molecule has 156 valence electrons. The molecule has 0 aromatic heterocycles. The van der Waals surface area contributed by atoms with Crippen molar-refractivity contribution in [3.05, 3.63) is 58.8 Å². The van der Waals surface area contributed by atoms with E-state index >= 15 is 0 Å². The number of thiocarbonyl (C=S) groups is 1. The fourth-order valence-corrected chi connectivity index (χ4v) is 3.95. The Balaban J connectivity index is 1.87. The maximum absolute atomic E-state index is 13.2. The summed E-state index contributed by atoms with van der Waals surface area (Å²) in [6.45, 7) is 3.58. The predicted octanol–water partition coefficient (Wildman–Crippen LogP) is 4.48. The van der Waals surface area contributed by atoms with Gasteiger partial charge >= 0.3 is 5.97 Å². The molecule has 9 heteroatoms. The lowest BCUT2D eigenvalue weighted by Gasteiger charge is -2.15. The van der Waals surface area contributed by atoms with E-state index in [9.17, 15) is 14.0 Å². The Labute approximate surface area is 182 Å². The molecule has 2 aromatic carbocycles. The summed E-state index contributed by atoms with van der Waals surface area (Å²) in [7, 11) is 0. The van der Waals surface area contributed by atoms with E-state index in [2.05, 4.69) is 0 Å². The smallest absolute Gasteiger partial charge is 0.344 e. The summed E-state index contributed by atoms with van der Waals surface area (Å²) < 4.78 is 24.5. The molecule has 3 rings (SSSR count). The van der Waals surface area contributed by atoms with E-state index in [-0.39, 0.29) is 5.91 Å². The van der Waals surface area contributed by atoms with Gasteiger partial charge in [-0.25, -0.2) is 9.18 Å². The van der Waals surface area contributed by atoms with Crippen LogP contribution in [0, 0.1) is 5.82 Å². The molecule has 1 fully saturated rings. The molecular formula is C21H18FNO5S2. The van der Waals surface area contributed by atoms with Gasteiger partial charge in [0.2, 0.25) is 0 Å². The summed E-state index contributed by atoms with van der Waals surface area (Å²) in [5, 5.41) is 9.04. The number of ether oxygens (including phenoxy) is 2. The van der Waals surface area contributed by atoms with Crippen LogP contribution in [0.15, 0.2) is 47.4 Å². The molecule has 1 aliphatic rings. The van der Waals surface area contributed by atoms with Crippen molar-refractivity contribution in [2.75, 3.05) is 11.5 Å². The molecule has 0 bridgehead atoms. The summed E-state index contributed by atoms with van der Waals surface area (Å²) in [6, 6.07) is 10.5. The van der Waals surface area contributed by atoms with Gasteiger partial charge in [-0.05, 0) is 61.9 Å². The number of amides is 1. The molecule has 1 unspecified atom stereocenters. The topological polar surface area (TPSA) is 76.1 Å². The fourth-order valence-electron chi connectivity index (χ4n) is 2.65. The lowest BCUT2D eigenvalue weighted by molar-refractivity contribution is -0.144. The normalized spacial score (nSPS) is 16.1. The number of benzene rings is 2. The number of carbonyl (C=O) groups is 2. The van der Waals surface area contributed by atoms with Crippen LogP contribution >= 0.6 is 24.0 Å². The first-order valence-electron chi connectivity index (χ1n) is 9.00. The van der Waals surface area contributed by atoms with Gasteiger partial charge in [0.15, 0.2) is 21.9 Å². The van der Waals surface area contributed by atoms with Crippen molar-refractivity contribution in [1.29, 1.82) is 0 Å². The van der Waals surface area contributed by atoms with Gasteiger partial charge in [0.05, 0.1) is 17.2 Å². The minimum Gasteiger partial charge on any atom is -0.490 e. The van der Waals surface area contributed by atoms with E-state index in [1.54, 1.807) is 31.2 Å². The van der Waals surface area contributed by atoms with Gasteiger partial charge in [0, 0.05) is 0 Å². The van der Waals surface area contributed by atoms with Crippen LogP contribution in [0.25, 0.3) is 6.08 Å². The van der Waals surface area contributed by atoms with Crippen molar-refractivity contribution < 1.29 is 28.6 Å². The first-order chi connectivity index (χ1) is 14.3. The lowest BCUT2D eigenvalue weighted by atomic mass is 10.1. The molecule has 2 aromatic rings. The zero-order valence-corrected chi connectivity index (χ0v) is 17.8. The zero-order chi connectivity index (χ0) is 21.8. The highest BCUT2D eigenvalue weighted by atomic mass is 32.2. The minimum absolute atomic E-state index is 0.294. The minimum atomic E-state index is -1.09. The fraction of sp³-hybridized carbons (Fsp3) is 0.190. The molecule has 30 heavy (non-hydrogen) atoms. The number of hydrogen-bond acceptors (Lipinski definition) is 6. The highest BCUT2D eigenvalue weighted by Crippen LogP contribution is 2.37. The van der Waals surface area contributed by atoms with Crippen molar-refractivity contribution in [3.8, 4) is 11.5 Å². The number of halogens is 1. The maximum Gasteiger partial charge on any atom is 0.344 e. The second kappa shape index (κ2) is 9.27. The van der Waals surface area contributed by atoms with Crippen LogP contribution in [-0.2, 0) is 9.59 Å². The molecule has 0 spiro atoms. The molecule has 0 aliphatic carbocycles. The quantitative estimate of drug-likeness (QED) is 0.495. The molecule has 1 aliphatic heterocycles. The summed E-state index contributed by atoms with van der Waals surface area (Å²) in [5.74, 6) is -1.14. The van der Waals surface area contributed by atoms with Gasteiger partial charge in [-0.2, -0.15) is 0 Å². The van der Waals surface area contributed by atoms with E-state index < -0.39 is 17.9 Å². The lowest BCUT2D eigenvalue weighted by Crippen LogP contribution is -2.27. The number of rotatable bonds is 7. The van der Waals surface area contributed by atoms with E-state index in [0.29, 0.717) is 38.6 Å². The Kier molecular flexibility index (Phi) is 6.73. The molecule has 0 saturated carbocycles. The number of anilines is 1. The average molecular weight is 448 g/mol. The third-order valence-corrected chi connectivity index (χ3v) is 5.40. The zero-order valence-electron chi connectivity index (χ0n) is 16.1. The Morgan fingerprint density at radius 2 is 1.97 bits per heavy atom. The molecule has 1 heterocycles. The van der Waals surface area contributed by atoms with Crippen LogP contribution < -0.4 is 14.4 Å². The van der Waals surface area contributed by atoms with Crippen molar-refractivity contribution >= 4 is 51.9 Å². The number of hydrogen-bond donors (Lipinski definition) is 1.